The molecule has 5 aliphatic heterocycles. The van der Waals surface area contributed by atoms with Gasteiger partial charge in [0.25, 0.3) is 0 Å². The van der Waals surface area contributed by atoms with Crippen molar-refractivity contribution in [1.82, 2.24) is 67.3 Å². The van der Waals surface area contributed by atoms with Gasteiger partial charge in [0.2, 0.25) is 0 Å². The van der Waals surface area contributed by atoms with Crippen molar-refractivity contribution in [3.05, 3.63) is 329 Å². The van der Waals surface area contributed by atoms with Crippen molar-refractivity contribution in [2.45, 2.75) is 161 Å². The van der Waals surface area contributed by atoms with E-state index in [0.717, 1.165) is 188 Å². The minimum atomic E-state index is -0.723. The number of likely N-dealkylation sites (N-methyl/N-ethyl adjacent to an activating group) is 5. The fourth-order valence-electron chi connectivity index (χ4n) is 19.3. The van der Waals surface area contributed by atoms with Crippen LogP contribution in [0, 0.1) is 32.4 Å². The number of pyridine rings is 4. The summed E-state index contributed by atoms with van der Waals surface area (Å²) in [5.41, 5.74) is 26.5. The molecule has 9 aromatic heterocycles. The Morgan fingerprint density at radius 3 is 1.20 bits per heavy atom. The lowest BCUT2D eigenvalue weighted by Crippen LogP contribution is -2.29. The molecule has 1 fully saturated rings. The van der Waals surface area contributed by atoms with E-state index in [2.05, 4.69) is 147 Å². The van der Waals surface area contributed by atoms with Crippen LogP contribution in [0.15, 0.2) is 201 Å². The third-order valence-corrected chi connectivity index (χ3v) is 26.9. The van der Waals surface area contributed by atoms with Crippen LogP contribution >= 0.6 is 34.8 Å². The molecule has 0 amide bonds. The molecule has 124 heavy (non-hydrogen) atoms. The Morgan fingerprint density at radius 1 is 0.371 bits per heavy atom. The fourth-order valence-corrected chi connectivity index (χ4v) is 19.8. The van der Waals surface area contributed by atoms with Crippen molar-refractivity contribution in [3.8, 4) is 0 Å². The van der Waals surface area contributed by atoms with Gasteiger partial charge in [-0.05, 0) is 237 Å². The molecule has 23 heteroatoms. The largest absolute Gasteiger partial charge is 0.386 e. The van der Waals surface area contributed by atoms with Crippen LogP contribution in [-0.2, 0) is 103 Å². The Balaban J connectivity index is 0.000000110. The Hall–Kier alpha value is -10.0. The third kappa shape index (κ3) is 18.2. The lowest BCUT2D eigenvalue weighted by molar-refractivity contribution is 0.154. The molecule has 21 rings (SSSR count). The van der Waals surface area contributed by atoms with Crippen LogP contribution in [0.1, 0.15) is 138 Å². The maximum atomic E-state index is 14.6. The summed E-state index contributed by atoms with van der Waals surface area (Å²) in [4.78, 5) is 28.4. The first-order chi connectivity index (χ1) is 59.9. The number of aromatic nitrogens is 9. The van der Waals surface area contributed by atoms with Gasteiger partial charge in [0.15, 0.2) is 0 Å². The summed E-state index contributed by atoms with van der Waals surface area (Å²) in [6.07, 6.45) is 15.4. The number of fused-ring (bicyclic) bond motifs is 15. The van der Waals surface area contributed by atoms with Crippen LogP contribution in [0.25, 0.3) is 54.5 Å². The molecule has 0 saturated heterocycles. The zero-order chi connectivity index (χ0) is 86.4. The third-order valence-electron chi connectivity index (χ3n) is 26.2. The highest BCUT2D eigenvalue weighted by molar-refractivity contribution is 6.32. The number of aliphatic hydroxyl groups is 4. The minimum Gasteiger partial charge on any atom is -0.386 e. The SMILES string of the molecule is CN1CCc2c(n(CC(O)c3cccnc3)c3ccc(Cl)cc23)C1.CN1CCc2c(n(CC3(c4ccc(F)cc4)CC3)c3ccc(Cl)cc23)C1.Cc1ccc(C(O)Cn2c3c(c4ccc(Cl)cc42)CCN(C)C3)cn1.Cc1ccc(C(O)Cn2c3c(c4cccc(F)c42)CCN(C)C3)cn1.Cc1ccc2c(c1)c1c(n2CC(O)c2cccnc2)CN(C)CC1. The molecule has 4 atom stereocenters. The van der Waals surface area contributed by atoms with Gasteiger partial charge < -0.3 is 67.8 Å². The van der Waals surface area contributed by atoms with Crippen LogP contribution in [0.2, 0.25) is 15.1 Å². The fraction of sp³-hybridized carbons (Fsp3) is 0.347. The second-order valence-electron chi connectivity index (χ2n) is 35.1. The van der Waals surface area contributed by atoms with Crippen molar-refractivity contribution >= 4 is 89.3 Å². The van der Waals surface area contributed by atoms with Crippen LogP contribution in [0.4, 0.5) is 8.78 Å². The van der Waals surface area contributed by atoms with Crippen molar-refractivity contribution in [2.75, 3.05) is 68.0 Å². The summed E-state index contributed by atoms with van der Waals surface area (Å²) >= 11 is 18.8. The Kier molecular flexibility index (Phi) is 25.6. The van der Waals surface area contributed by atoms with Gasteiger partial charge >= 0.3 is 0 Å². The lowest BCUT2D eigenvalue weighted by Gasteiger charge is -2.26. The molecule has 6 aliphatic rings. The lowest BCUT2D eigenvalue weighted by atomic mass is 9.95. The average Bonchev–Trinajstić information content (AvgIpc) is 1.60. The first-order valence-corrected chi connectivity index (χ1v) is 44.4. The molecule has 4 unspecified atom stereocenters. The van der Waals surface area contributed by atoms with E-state index < -0.39 is 24.4 Å². The monoisotopic (exact) mass is 1720 g/mol. The van der Waals surface area contributed by atoms with Crippen LogP contribution in [0.5, 0.6) is 0 Å². The van der Waals surface area contributed by atoms with Gasteiger partial charge in [0, 0.05) is 235 Å². The molecule has 18 nitrogen and oxygen atoms in total. The molecule has 0 bridgehead atoms. The average molecular weight is 1730 g/mol. The van der Waals surface area contributed by atoms with Crippen molar-refractivity contribution in [3.63, 3.8) is 0 Å². The molecule has 1 saturated carbocycles. The van der Waals surface area contributed by atoms with Gasteiger partial charge in [-0.15, -0.1) is 0 Å². The number of nitrogens with zero attached hydrogens (tertiary/aromatic N) is 14. The smallest absolute Gasteiger partial charge is 0.147 e. The molecular formula is C101H109Cl3F2N14O4. The van der Waals surface area contributed by atoms with E-state index in [9.17, 15) is 29.2 Å². The zero-order valence-corrected chi connectivity index (χ0v) is 74.1. The number of rotatable bonds is 15. The molecule has 642 valence electrons. The highest BCUT2D eigenvalue weighted by Crippen LogP contribution is 2.51. The molecular weight excluding hydrogens is 1620 g/mol. The predicted molar refractivity (Wildman–Crippen MR) is 493 cm³/mol. The van der Waals surface area contributed by atoms with Crippen molar-refractivity contribution in [2.24, 2.45) is 0 Å². The van der Waals surface area contributed by atoms with E-state index in [1.54, 1.807) is 55.4 Å². The highest BCUT2D eigenvalue weighted by Gasteiger charge is 2.46. The first kappa shape index (κ1) is 86.1. The van der Waals surface area contributed by atoms with Crippen LogP contribution in [0.3, 0.4) is 0 Å². The Bertz CT molecular complexity index is 6200. The van der Waals surface area contributed by atoms with E-state index in [1.165, 1.54) is 100 Å². The number of benzene rings is 6. The summed E-state index contributed by atoms with van der Waals surface area (Å²) in [6, 6.07) is 52.6. The van der Waals surface area contributed by atoms with Crippen LogP contribution in [-0.4, -0.2) is 156 Å². The van der Waals surface area contributed by atoms with E-state index >= 15 is 0 Å². The molecule has 15 aromatic rings. The van der Waals surface area contributed by atoms with E-state index in [1.807, 2.05) is 115 Å². The summed E-state index contributed by atoms with van der Waals surface area (Å²) in [6.45, 7) is 18.6. The summed E-state index contributed by atoms with van der Waals surface area (Å²) in [5, 5.41) is 51.2. The van der Waals surface area contributed by atoms with Crippen LogP contribution < -0.4 is 0 Å². The number of aliphatic hydroxyl groups excluding tert-OH is 4. The molecule has 1 aliphatic carbocycles. The van der Waals surface area contributed by atoms with E-state index in [4.69, 9.17) is 34.8 Å². The summed E-state index contributed by atoms with van der Waals surface area (Å²) in [7, 11) is 10.7. The first-order valence-electron chi connectivity index (χ1n) is 43.2. The van der Waals surface area contributed by atoms with Gasteiger partial charge in [-0.2, -0.15) is 0 Å². The molecule has 14 heterocycles. The van der Waals surface area contributed by atoms with Gasteiger partial charge in [-0.1, -0.05) is 101 Å². The maximum Gasteiger partial charge on any atom is 0.147 e. The maximum absolute atomic E-state index is 14.6. The Labute approximate surface area is 738 Å². The normalized spacial score (nSPS) is 16.8. The Morgan fingerprint density at radius 2 is 0.758 bits per heavy atom. The molecule has 0 spiro atoms. The predicted octanol–water partition coefficient (Wildman–Crippen LogP) is 18.6. The quantitative estimate of drug-likeness (QED) is 0.0764. The topological polar surface area (TPSA) is 173 Å². The number of hydrogen-bond donors (Lipinski definition) is 4. The second-order valence-corrected chi connectivity index (χ2v) is 36.4. The summed E-state index contributed by atoms with van der Waals surface area (Å²) < 4.78 is 39.2. The van der Waals surface area contributed by atoms with Gasteiger partial charge in [0.05, 0.1) is 61.6 Å². The van der Waals surface area contributed by atoms with Gasteiger partial charge in [-0.3, -0.25) is 19.9 Å². The standard InChI is InChI=1S/C22H22ClFN2.C20H22ClN3O.C20H22FN3O.C20H23N3O.C19H20ClN3O/c1-25-11-8-18-19-12-16(23)4-7-20(19)26(21(18)13-25)14-22(9-10-22)15-2-5-17(24)6-3-15;1-13-3-4-14(10-22-13)20(25)12-24-18-9-15(21)5-6-16(18)17-7-8-23(2)11-19(17)24;1-13-6-7-14(10-22-13)19(25)12-24-18-11-23(2)9-8-15(18)16-4-3-5-17(21)20(16)24;1-14-5-6-18-17(10-14)16-7-9-22(2)12-19(16)23(18)13-20(24)15-4-3-8-21-11-15;1-22-8-6-15-16-9-14(20)4-5-17(16)23(18(15)11-22)12-19(24)13-3-2-7-21-10-13/h2-7,12H,8-11,13-14H2,1H3;3-6,9-10,20,25H,7-8,11-12H2,1-2H3;3-7,10,19,25H,8-9,11-12H2,1-2H3;3-6,8,10-11,20,24H,7,9,12-13H2,1-2H3;2-5,7,9-10,19,24H,6,8,11-12H2,1H3. The number of halogens is 5. The van der Waals surface area contributed by atoms with Gasteiger partial charge in [0.1, 0.15) is 11.6 Å². The minimum absolute atomic E-state index is 0.142. The molecule has 6 aromatic carbocycles. The van der Waals surface area contributed by atoms with Crippen molar-refractivity contribution in [1.29, 1.82) is 0 Å². The number of para-hydroxylation sites is 1. The van der Waals surface area contributed by atoms with Crippen molar-refractivity contribution < 1.29 is 29.2 Å². The van der Waals surface area contributed by atoms with E-state index in [0.29, 0.717) is 31.7 Å². The number of aryl methyl sites for hydroxylation is 3. The van der Waals surface area contributed by atoms with Gasteiger partial charge in [-0.25, -0.2) is 8.78 Å². The highest BCUT2D eigenvalue weighted by atomic mass is 35.5. The number of hydrogen-bond acceptors (Lipinski definition) is 13. The molecule has 0 radical (unpaired) electrons. The molecule has 4 N–H and O–H groups in total. The summed E-state index contributed by atoms with van der Waals surface area (Å²) in [5.74, 6) is -0.395. The van der Waals surface area contributed by atoms with E-state index in [-0.39, 0.29) is 17.0 Å². The zero-order valence-electron chi connectivity index (χ0n) is 71.9. The second kappa shape index (κ2) is 36.9.